The quantitative estimate of drug-likeness (QED) is 0.794. The number of amides is 2. The molecule has 0 spiro atoms. The molecule has 4 rings (SSSR count). The first kappa shape index (κ1) is 18.6. The van der Waals surface area contributed by atoms with E-state index in [-0.39, 0.29) is 24.4 Å². The Bertz CT molecular complexity index is 929. The maximum atomic E-state index is 12.9. The predicted octanol–water partition coefficient (Wildman–Crippen LogP) is 2.94. The molecule has 28 heavy (non-hydrogen) atoms. The number of benzene rings is 2. The molecule has 7 heteroatoms. The minimum absolute atomic E-state index is 0.0426. The Morgan fingerprint density at radius 3 is 2.46 bits per heavy atom. The topological polar surface area (TPSA) is 59.1 Å². The molecule has 0 N–H and O–H groups in total. The summed E-state index contributed by atoms with van der Waals surface area (Å²) in [5.41, 5.74) is 2.65. The number of carbonyl (C=O) groups excluding carboxylic acids is 2. The molecule has 2 aliphatic heterocycles. The van der Waals surface area contributed by atoms with Crippen molar-refractivity contribution in [2.75, 3.05) is 33.9 Å². The van der Waals surface area contributed by atoms with Crippen LogP contribution in [0.25, 0.3) is 0 Å². The van der Waals surface area contributed by atoms with Crippen molar-refractivity contribution in [3.8, 4) is 11.5 Å². The SMILES string of the molecule is COc1cc2c(cc1OC)C1CN(C(=O)c3ccc(Cl)cc3)CC(=O)N1CC2. The second-order valence-electron chi connectivity index (χ2n) is 6.95. The molecular weight excluding hydrogens is 380 g/mol. The summed E-state index contributed by atoms with van der Waals surface area (Å²) >= 11 is 5.92. The van der Waals surface area contributed by atoms with Gasteiger partial charge in [-0.25, -0.2) is 0 Å². The van der Waals surface area contributed by atoms with Gasteiger partial charge in [0.15, 0.2) is 11.5 Å². The van der Waals surface area contributed by atoms with Crippen LogP contribution < -0.4 is 9.47 Å². The highest BCUT2D eigenvalue weighted by atomic mass is 35.5. The molecule has 6 nitrogen and oxygen atoms in total. The van der Waals surface area contributed by atoms with Crippen molar-refractivity contribution in [3.05, 3.63) is 58.1 Å². The van der Waals surface area contributed by atoms with Crippen LogP contribution in [0.4, 0.5) is 0 Å². The maximum Gasteiger partial charge on any atom is 0.254 e. The summed E-state index contributed by atoms with van der Waals surface area (Å²) in [4.78, 5) is 29.2. The van der Waals surface area contributed by atoms with E-state index in [4.69, 9.17) is 21.1 Å². The summed E-state index contributed by atoms with van der Waals surface area (Å²) in [6, 6.07) is 10.4. The van der Waals surface area contributed by atoms with E-state index < -0.39 is 0 Å². The largest absolute Gasteiger partial charge is 0.493 e. The van der Waals surface area contributed by atoms with Gasteiger partial charge in [0.2, 0.25) is 5.91 Å². The lowest BCUT2D eigenvalue weighted by Gasteiger charge is -2.44. The molecule has 1 fully saturated rings. The summed E-state index contributed by atoms with van der Waals surface area (Å²) in [6.45, 7) is 1.16. The molecule has 0 bridgehead atoms. The van der Waals surface area contributed by atoms with Crippen molar-refractivity contribution in [3.63, 3.8) is 0 Å². The summed E-state index contributed by atoms with van der Waals surface area (Å²) in [5.74, 6) is 1.08. The van der Waals surface area contributed by atoms with E-state index in [0.29, 0.717) is 35.2 Å². The number of rotatable bonds is 3. The Labute approximate surface area is 168 Å². The second-order valence-corrected chi connectivity index (χ2v) is 7.39. The van der Waals surface area contributed by atoms with Crippen molar-refractivity contribution >= 4 is 23.4 Å². The van der Waals surface area contributed by atoms with E-state index in [0.717, 1.165) is 17.5 Å². The Kier molecular flexibility index (Phi) is 4.89. The number of hydrogen-bond acceptors (Lipinski definition) is 4. The van der Waals surface area contributed by atoms with Crippen LogP contribution in [0, 0.1) is 0 Å². The van der Waals surface area contributed by atoms with Crippen LogP contribution in [0.5, 0.6) is 11.5 Å². The minimum atomic E-state index is -0.193. The van der Waals surface area contributed by atoms with E-state index in [1.807, 2.05) is 17.0 Å². The molecule has 0 aromatic heterocycles. The number of fused-ring (bicyclic) bond motifs is 3. The molecule has 1 unspecified atom stereocenters. The summed E-state index contributed by atoms with van der Waals surface area (Å²) in [7, 11) is 3.20. The third kappa shape index (κ3) is 3.18. The number of hydrogen-bond donors (Lipinski definition) is 0. The molecule has 146 valence electrons. The predicted molar refractivity (Wildman–Crippen MR) is 105 cm³/mol. The van der Waals surface area contributed by atoms with Gasteiger partial charge in [0.05, 0.1) is 20.3 Å². The summed E-state index contributed by atoms with van der Waals surface area (Å²) < 4.78 is 10.8. The standard InChI is InChI=1S/C21H21ClN2O4/c1-27-18-9-14-7-8-24-17(16(14)10-19(18)28-2)11-23(12-20(24)25)21(26)13-3-5-15(22)6-4-13/h3-6,9-10,17H,7-8,11-12H2,1-2H3. The molecule has 2 amide bonds. The van der Waals surface area contributed by atoms with Crippen molar-refractivity contribution in [1.29, 1.82) is 0 Å². The van der Waals surface area contributed by atoms with Crippen molar-refractivity contribution in [2.45, 2.75) is 12.5 Å². The van der Waals surface area contributed by atoms with Crippen LogP contribution in [0.3, 0.4) is 0 Å². The van der Waals surface area contributed by atoms with Gasteiger partial charge in [-0.05, 0) is 53.9 Å². The van der Waals surface area contributed by atoms with Gasteiger partial charge in [-0.2, -0.15) is 0 Å². The van der Waals surface area contributed by atoms with Crippen LogP contribution in [-0.4, -0.2) is 55.5 Å². The van der Waals surface area contributed by atoms with Gasteiger partial charge in [-0.1, -0.05) is 11.6 Å². The van der Waals surface area contributed by atoms with Gasteiger partial charge in [0.25, 0.3) is 5.91 Å². The number of methoxy groups -OCH3 is 2. The molecule has 2 aromatic rings. The smallest absolute Gasteiger partial charge is 0.254 e. The number of halogens is 1. The van der Waals surface area contributed by atoms with Crippen molar-refractivity contribution in [1.82, 2.24) is 9.80 Å². The maximum absolute atomic E-state index is 12.9. The Morgan fingerprint density at radius 1 is 1.11 bits per heavy atom. The molecule has 2 aliphatic rings. The average molecular weight is 401 g/mol. The number of carbonyl (C=O) groups is 2. The first-order valence-corrected chi connectivity index (χ1v) is 9.48. The second kappa shape index (κ2) is 7.36. The van der Waals surface area contributed by atoms with E-state index >= 15 is 0 Å². The normalized spacial score (nSPS) is 18.4. The van der Waals surface area contributed by atoms with Crippen molar-refractivity contribution in [2.24, 2.45) is 0 Å². The van der Waals surface area contributed by atoms with Gasteiger partial charge in [-0.3, -0.25) is 9.59 Å². The Balaban J connectivity index is 1.67. The third-order valence-electron chi connectivity index (χ3n) is 5.42. The highest BCUT2D eigenvalue weighted by Gasteiger charge is 2.39. The minimum Gasteiger partial charge on any atom is -0.493 e. The first-order chi connectivity index (χ1) is 13.5. The van der Waals surface area contributed by atoms with Crippen LogP contribution in [0.2, 0.25) is 5.02 Å². The monoisotopic (exact) mass is 400 g/mol. The zero-order valence-corrected chi connectivity index (χ0v) is 16.5. The van der Waals surface area contributed by atoms with Crippen LogP contribution in [0.1, 0.15) is 27.5 Å². The first-order valence-electron chi connectivity index (χ1n) is 9.11. The lowest BCUT2D eigenvalue weighted by atomic mass is 9.90. The number of nitrogens with zero attached hydrogens (tertiary/aromatic N) is 2. The lowest BCUT2D eigenvalue weighted by molar-refractivity contribution is -0.139. The highest BCUT2D eigenvalue weighted by molar-refractivity contribution is 6.30. The molecule has 0 radical (unpaired) electrons. The van der Waals surface area contributed by atoms with E-state index in [1.165, 1.54) is 0 Å². The Hall–Kier alpha value is -2.73. The average Bonchev–Trinajstić information content (AvgIpc) is 2.72. The van der Waals surface area contributed by atoms with Gasteiger partial charge in [0.1, 0.15) is 6.54 Å². The van der Waals surface area contributed by atoms with E-state index in [1.54, 1.807) is 43.4 Å². The summed E-state index contributed by atoms with van der Waals surface area (Å²) in [6.07, 6.45) is 0.753. The third-order valence-corrected chi connectivity index (χ3v) is 5.67. The molecular formula is C21H21ClN2O4. The molecule has 0 saturated carbocycles. The van der Waals surface area contributed by atoms with Crippen molar-refractivity contribution < 1.29 is 19.1 Å². The van der Waals surface area contributed by atoms with Gasteiger partial charge < -0.3 is 19.3 Å². The molecule has 2 heterocycles. The Morgan fingerprint density at radius 2 is 1.79 bits per heavy atom. The fraction of sp³-hybridized carbons (Fsp3) is 0.333. The molecule has 0 aliphatic carbocycles. The fourth-order valence-corrected chi connectivity index (χ4v) is 4.11. The zero-order valence-electron chi connectivity index (χ0n) is 15.8. The zero-order chi connectivity index (χ0) is 19.8. The number of piperazine rings is 1. The summed E-state index contributed by atoms with van der Waals surface area (Å²) in [5, 5.41) is 0.569. The van der Waals surface area contributed by atoms with Crippen LogP contribution in [0.15, 0.2) is 36.4 Å². The van der Waals surface area contributed by atoms with Crippen LogP contribution >= 0.6 is 11.6 Å². The molecule has 1 saturated heterocycles. The fourth-order valence-electron chi connectivity index (χ4n) is 3.98. The van der Waals surface area contributed by atoms with Gasteiger partial charge in [0, 0.05) is 23.7 Å². The molecule has 1 atom stereocenters. The van der Waals surface area contributed by atoms with E-state index in [2.05, 4.69) is 0 Å². The molecule has 2 aromatic carbocycles. The lowest BCUT2D eigenvalue weighted by Crippen LogP contribution is -2.55. The highest BCUT2D eigenvalue weighted by Crippen LogP contribution is 2.39. The van der Waals surface area contributed by atoms with E-state index in [9.17, 15) is 9.59 Å². The van der Waals surface area contributed by atoms with Crippen LogP contribution in [-0.2, 0) is 11.2 Å². The van der Waals surface area contributed by atoms with Gasteiger partial charge in [-0.15, -0.1) is 0 Å². The number of ether oxygens (including phenoxy) is 2. The van der Waals surface area contributed by atoms with Gasteiger partial charge >= 0.3 is 0 Å².